The molecule has 8 nitrogen and oxygen atoms in total. The largest absolute Gasteiger partial charge is 0.481 e. The van der Waals surface area contributed by atoms with E-state index in [1.54, 1.807) is 24.3 Å². The molecule has 3 aromatic heterocycles. The molecule has 0 aliphatic rings. The lowest BCUT2D eigenvalue weighted by Gasteiger charge is -2.05. The van der Waals surface area contributed by atoms with Gasteiger partial charge in [0.05, 0.1) is 24.0 Å². The first-order chi connectivity index (χ1) is 11.1. The van der Waals surface area contributed by atoms with Crippen LogP contribution < -0.4 is 4.74 Å². The van der Waals surface area contributed by atoms with E-state index in [4.69, 9.17) is 21.4 Å². The van der Waals surface area contributed by atoms with Crippen LogP contribution in [0, 0.1) is 0 Å². The van der Waals surface area contributed by atoms with Gasteiger partial charge >= 0.3 is 5.97 Å². The predicted octanol–water partition coefficient (Wildman–Crippen LogP) is 2.08. The first kappa shape index (κ1) is 14.9. The number of nitrogens with zero attached hydrogens (tertiary/aromatic N) is 5. The molecular formula is C14H10ClN5O3. The molecule has 0 aromatic carbocycles. The highest BCUT2D eigenvalue weighted by molar-refractivity contribution is 6.30. The van der Waals surface area contributed by atoms with Crippen LogP contribution >= 0.6 is 11.6 Å². The van der Waals surface area contributed by atoms with Crippen molar-refractivity contribution in [1.29, 1.82) is 0 Å². The summed E-state index contributed by atoms with van der Waals surface area (Å²) in [6.07, 6.45) is 2.95. The second kappa shape index (κ2) is 6.01. The fourth-order valence-corrected chi connectivity index (χ4v) is 1.99. The van der Waals surface area contributed by atoms with Gasteiger partial charge in [-0.15, -0.1) is 5.10 Å². The Labute approximate surface area is 135 Å². The molecule has 3 heterocycles. The van der Waals surface area contributed by atoms with E-state index in [1.807, 2.05) is 0 Å². The number of halogens is 1. The van der Waals surface area contributed by atoms with Crippen LogP contribution in [0.5, 0.6) is 5.88 Å². The van der Waals surface area contributed by atoms with Gasteiger partial charge in [0.25, 0.3) is 5.82 Å². The molecule has 0 radical (unpaired) electrons. The number of hydrogen-bond acceptors (Lipinski definition) is 6. The van der Waals surface area contributed by atoms with Crippen LogP contribution in [0.15, 0.2) is 36.7 Å². The van der Waals surface area contributed by atoms with E-state index in [0.29, 0.717) is 22.3 Å². The third kappa shape index (κ3) is 2.97. The summed E-state index contributed by atoms with van der Waals surface area (Å²) in [7, 11) is 1.50. The number of ether oxygens (including phenoxy) is 1. The van der Waals surface area contributed by atoms with E-state index in [2.05, 4.69) is 20.1 Å². The molecule has 1 N–H and O–H groups in total. The van der Waals surface area contributed by atoms with Gasteiger partial charge in [0.2, 0.25) is 5.88 Å². The molecular weight excluding hydrogens is 322 g/mol. The van der Waals surface area contributed by atoms with Gasteiger partial charge in [-0.25, -0.2) is 14.5 Å². The van der Waals surface area contributed by atoms with E-state index in [0.717, 1.165) is 0 Å². The standard InChI is InChI=1S/C14H10ClN5O3/c1-23-11-5-3-9(7-17-11)20-13(18-12(19-20)14(21)22)10-4-2-8(15)6-16-10/h2-7H,1H3,(H,21,22). The lowest BCUT2D eigenvalue weighted by Crippen LogP contribution is -2.03. The van der Waals surface area contributed by atoms with Crippen LogP contribution in [0.25, 0.3) is 17.2 Å². The lowest BCUT2D eigenvalue weighted by atomic mass is 10.3. The van der Waals surface area contributed by atoms with E-state index >= 15 is 0 Å². The summed E-state index contributed by atoms with van der Waals surface area (Å²) in [4.78, 5) is 23.4. The third-order valence-electron chi connectivity index (χ3n) is 2.93. The van der Waals surface area contributed by atoms with Gasteiger partial charge in [-0.2, -0.15) is 4.98 Å². The van der Waals surface area contributed by atoms with Crippen molar-refractivity contribution in [2.24, 2.45) is 0 Å². The molecule has 0 aliphatic heterocycles. The maximum atomic E-state index is 11.2. The average molecular weight is 332 g/mol. The molecule has 9 heteroatoms. The Kier molecular flexibility index (Phi) is 3.90. The minimum Gasteiger partial charge on any atom is -0.481 e. The molecule has 0 aliphatic carbocycles. The molecule has 0 unspecified atom stereocenters. The average Bonchev–Trinajstić information content (AvgIpc) is 3.01. The summed E-state index contributed by atoms with van der Waals surface area (Å²) >= 11 is 5.82. The lowest BCUT2D eigenvalue weighted by molar-refractivity contribution is 0.0683. The van der Waals surface area contributed by atoms with Crippen molar-refractivity contribution in [2.45, 2.75) is 0 Å². The Bertz CT molecular complexity index is 846. The van der Waals surface area contributed by atoms with E-state index < -0.39 is 5.97 Å². The van der Waals surface area contributed by atoms with Gasteiger partial charge in [-0.05, 0) is 18.2 Å². The number of carbonyl (C=O) groups is 1. The van der Waals surface area contributed by atoms with Gasteiger partial charge < -0.3 is 9.84 Å². The van der Waals surface area contributed by atoms with E-state index in [9.17, 15) is 4.79 Å². The van der Waals surface area contributed by atoms with Crippen molar-refractivity contribution >= 4 is 17.6 Å². The zero-order chi connectivity index (χ0) is 16.4. The quantitative estimate of drug-likeness (QED) is 0.780. The van der Waals surface area contributed by atoms with Crippen LogP contribution in [0.3, 0.4) is 0 Å². The highest BCUT2D eigenvalue weighted by Crippen LogP contribution is 2.21. The monoisotopic (exact) mass is 331 g/mol. The molecule has 3 rings (SSSR count). The van der Waals surface area contributed by atoms with E-state index in [-0.39, 0.29) is 11.6 Å². The summed E-state index contributed by atoms with van der Waals surface area (Å²) in [6, 6.07) is 6.59. The zero-order valence-electron chi connectivity index (χ0n) is 11.8. The molecule has 116 valence electrons. The minimum atomic E-state index is -1.24. The highest BCUT2D eigenvalue weighted by Gasteiger charge is 2.19. The number of pyridine rings is 2. The van der Waals surface area contributed by atoms with Crippen molar-refractivity contribution in [2.75, 3.05) is 7.11 Å². The first-order valence-corrected chi connectivity index (χ1v) is 6.79. The molecule has 23 heavy (non-hydrogen) atoms. The topological polar surface area (TPSA) is 103 Å². The second-order valence-corrected chi connectivity index (χ2v) is 4.83. The molecule has 3 aromatic rings. The number of carboxylic acid groups (broad SMARTS) is 1. The van der Waals surface area contributed by atoms with Crippen LogP contribution in [0.2, 0.25) is 5.02 Å². The van der Waals surface area contributed by atoms with Crippen molar-refractivity contribution < 1.29 is 14.6 Å². The Morgan fingerprint density at radius 1 is 1.22 bits per heavy atom. The Hall–Kier alpha value is -3.00. The third-order valence-corrected chi connectivity index (χ3v) is 3.15. The normalized spacial score (nSPS) is 10.5. The fraction of sp³-hybridized carbons (Fsp3) is 0.0714. The Morgan fingerprint density at radius 2 is 2.04 bits per heavy atom. The summed E-state index contributed by atoms with van der Waals surface area (Å²) < 4.78 is 6.35. The van der Waals surface area contributed by atoms with Gasteiger partial charge in [0.15, 0.2) is 5.82 Å². The fourth-order valence-electron chi connectivity index (χ4n) is 1.88. The summed E-state index contributed by atoms with van der Waals surface area (Å²) in [5.74, 6) is -0.877. The Balaban J connectivity index is 2.13. The summed E-state index contributed by atoms with van der Waals surface area (Å²) in [5.41, 5.74) is 0.961. The second-order valence-electron chi connectivity index (χ2n) is 4.40. The Morgan fingerprint density at radius 3 is 2.61 bits per heavy atom. The number of carboxylic acids is 1. The zero-order valence-corrected chi connectivity index (χ0v) is 12.6. The predicted molar refractivity (Wildman–Crippen MR) is 80.9 cm³/mol. The van der Waals surface area contributed by atoms with Crippen molar-refractivity contribution in [3.05, 3.63) is 47.5 Å². The van der Waals surface area contributed by atoms with Crippen LogP contribution in [0.1, 0.15) is 10.6 Å². The first-order valence-electron chi connectivity index (χ1n) is 6.41. The van der Waals surface area contributed by atoms with Crippen LogP contribution in [0.4, 0.5) is 0 Å². The molecule has 0 spiro atoms. The van der Waals surface area contributed by atoms with Crippen LogP contribution in [-0.4, -0.2) is 42.9 Å². The van der Waals surface area contributed by atoms with Gasteiger partial charge in [0.1, 0.15) is 5.69 Å². The van der Waals surface area contributed by atoms with Crippen LogP contribution in [-0.2, 0) is 0 Å². The van der Waals surface area contributed by atoms with Gasteiger partial charge in [-0.3, -0.25) is 4.98 Å². The maximum absolute atomic E-state index is 11.2. The maximum Gasteiger partial charge on any atom is 0.375 e. The molecule has 0 saturated heterocycles. The number of hydrogen-bond donors (Lipinski definition) is 1. The van der Waals surface area contributed by atoms with Crippen molar-refractivity contribution in [1.82, 2.24) is 24.7 Å². The highest BCUT2D eigenvalue weighted by atomic mass is 35.5. The number of aromatic carboxylic acids is 1. The molecule has 0 amide bonds. The molecule has 0 saturated carbocycles. The van der Waals surface area contributed by atoms with Gasteiger partial charge in [-0.1, -0.05) is 11.6 Å². The minimum absolute atomic E-state index is 0.269. The summed E-state index contributed by atoms with van der Waals surface area (Å²) in [6.45, 7) is 0. The van der Waals surface area contributed by atoms with Crippen molar-refractivity contribution in [3.63, 3.8) is 0 Å². The molecule has 0 bridgehead atoms. The SMILES string of the molecule is COc1ccc(-n2nc(C(=O)O)nc2-c2ccc(Cl)cn2)cn1. The molecule has 0 fully saturated rings. The number of methoxy groups -OCH3 is 1. The van der Waals surface area contributed by atoms with Crippen molar-refractivity contribution in [3.8, 4) is 23.1 Å². The number of aromatic nitrogens is 5. The molecule has 0 atom stereocenters. The van der Waals surface area contributed by atoms with Gasteiger partial charge in [0, 0.05) is 12.3 Å². The smallest absolute Gasteiger partial charge is 0.375 e. The van der Waals surface area contributed by atoms with E-state index in [1.165, 1.54) is 24.2 Å². The summed E-state index contributed by atoms with van der Waals surface area (Å²) in [5, 5.41) is 13.6. The number of rotatable bonds is 4.